The van der Waals surface area contributed by atoms with Crippen LogP contribution in [-0.2, 0) is 4.74 Å². The molecule has 3 rings (SSSR count). The van der Waals surface area contributed by atoms with Crippen LogP contribution in [0.25, 0.3) is 0 Å². The Hall–Kier alpha value is -3.48. The smallest absolute Gasteiger partial charge is 0.346 e. The van der Waals surface area contributed by atoms with Crippen molar-refractivity contribution in [3.63, 3.8) is 0 Å². The molecule has 1 heterocycles. The number of carboxylic acid groups (broad SMARTS) is 2. The number of carbonyl (C=O) groups is 4. The summed E-state index contributed by atoms with van der Waals surface area (Å²) in [6.07, 6.45) is 0. The Morgan fingerprint density at radius 2 is 1.21 bits per heavy atom. The Labute approximate surface area is 136 Å². The first-order chi connectivity index (χ1) is 11.3. The van der Waals surface area contributed by atoms with Crippen molar-refractivity contribution in [2.75, 3.05) is 0 Å². The van der Waals surface area contributed by atoms with Gasteiger partial charge in [-0.1, -0.05) is 18.2 Å². The second-order valence-electron chi connectivity index (χ2n) is 4.81. The molecule has 7 nitrogen and oxygen atoms in total. The summed E-state index contributed by atoms with van der Waals surface area (Å²) in [6.45, 7) is 1.48. The number of cyclic esters (lactones) is 2. The Morgan fingerprint density at radius 3 is 1.58 bits per heavy atom. The van der Waals surface area contributed by atoms with Crippen LogP contribution in [0, 0.1) is 6.92 Å². The Balaban J connectivity index is 0.000000175. The van der Waals surface area contributed by atoms with E-state index < -0.39 is 23.9 Å². The van der Waals surface area contributed by atoms with Gasteiger partial charge in [0, 0.05) is 0 Å². The molecule has 0 radical (unpaired) electrons. The monoisotopic (exact) mass is 328 g/mol. The van der Waals surface area contributed by atoms with Gasteiger partial charge in [0.1, 0.15) is 0 Å². The first-order valence-corrected chi connectivity index (χ1v) is 6.74. The van der Waals surface area contributed by atoms with Crippen molar-refractivity contribution < 1.29 is 34.1 Å². The van der Waals surface area contributed by atoms with Crippen LogP contribution in [0.2, 0.25) is 0 Å². The maximum Gasteiger partial charge on any atom is 0.346 e. The summed E-state index contributed by atoms with van der Waals surface area (Å²) in [7, 11) is 0. The summed E-state index contributed by atoms with van der Waals surface area (Å²) in [6, 6.07) is 10.7. The predicted molar refractivity (Wildman–Crippen MR) is 81.3 cm³/mol. The van der Waals surface area contributed by atoms with E-state index in [1.54, 1.807) is 24.3 Å². The van der Waals surface area contributed by atoms with Gasteiger partial charge in [-0.25, -0.2) is 19.2 Å². The highest BCUT2D eigenvalue weighted by atomic mass is 16.6. The molecule has 2 aromatic rings. The molecule has 0 aliphatic carbocycles. The second-order valence-corrected chi connectivity index (χ2v) is 4.81. The maximum absolute atomic E-state index is 10.8. The summed E-state index contributed by atoms with van der Waals surface area (Å²) >= 11 is 0. The van der Waals surface area contributed by atoms with E-state index in [4.69, 9.17) is 10.2 Å². The summed E-state index contributed by atoms with van der Waals surface area (Å²) in [5.41, 5.74) is 1.05. The highest BCUT2D eigenvalue weighted by Gasteiger charge is 2.28. The number of hydrogen-bond donors (Lipinski definition) is 2. The second kappa shape index (κ2) is 6.74. The fraction of sp³-hybridized carbons (Fsp3) is 0.0588. The Bertz CT molecular complexity index is 787. The molecular weight excluding hydrogens is 316 g/mol. The van der Waals surface area contributed by atoms with Crippen LogP contribution in [0.4, 0.5) is 0 Å². The van der Waals surface area contributed by atoms with Gasteiger partial charge in [0.15, 0.2) is 0 Å². The maximum atomic E-state index is 10.8. The molecule has 0 aromatic heterocycles. The van der Waals surface area contributed by atoms with Crippen molar-refractivity contribution in [1.29, 1.82) is 0 Å². The molecule has 0 bridgehead atoms. The first kappa shape index (κ1) is 16.9. The number of ether oxygens (including phenoxy) is 1. The highest BCUT2D eigenvalue weighted by Crippen LogP contribution is 2.18. The number of aromatic carboxylic acids is 2. The Kier molecular flexibility index (Phi) is 4.74. The minimum atomic E-state index is -1.11. The molecule has 7 heteroatoms. The van der Waals surface area contributed by atoms with Gasteiger partial charge in [0.05, 0.1) is 22.3 Å². The van der Waals surface area contributed by atoms with Gasteiger partial charge in [-0.2, -0.15) is 0 Å². The molecule has 1 aliphatic rings. The molecule has 0 saturated carbocycles. The lowest BCUT2D eigenvalue weighted by atomic mass is 10.0. The predicted octanol–water partition coefficient (Wildman–Crippen LogP) is 2.39. The van der Waals surface area contributed by atoms with E-state index in [2.05, 4.69) is 4.74 Å². The molecular formula is C17H12O7. The van der Waals surface area contributed by atoms with Crippen molar-refractivity contribution in [3.8, 4) is 0 Å². The van der Waals surface area contributed by atoms with Crippen molar-refractivity contribution in [3.05, 3.63) is 70.3 Å². The van der Waals surface area contributed by atoms with Gasteiger partial charge >= 0.3 is 23.9 Å². The third kappa shape index (κ3) is 3.30. The number of carbonyl (C=O) groups excluding carboxylic acids is 2. The van der Waals surface area contributed by atoms with E-state index in [9.17, 15) is 19.2 Å². The van der Waals surface area contributed by atoms with Crippen LogP contribution < -0.4 is 0 Å². The van der Waals surface area contributed by atoms with E-state index in [0.717, 1.165) is 0 Å². The zero-order chi connectivity index (χ0) is 17.9. The zero-order valence-electron chi connectivity index (χ0n) is 12.5. The van der Waals surface area contributed by atoms with E-state index in [1.165, 1.54) is 25.1 Å². The van der Waals surface area contributed by atoms with Crippen LogP contribution in [0.3, 0.4) is 0 Å². The van der Waals surface area contributed by atoms with Crippen molar-refractivity contribution in [2.24, 2.45) is 0 Å². The summed E-state index contributed by atoms with van der Waals surface area (Å²) in [4.78, 5) is 42.9. The lowest BCUT2D eigenvalue weighted by Crippen LogP contribution is -2.06. The van der Waals surface area contributed by atoms with Gasteiger partial charge in [-0.3, -0.25) is 0 Å². The van der Waals surface area contributed by atoms with Gasteiger partial charge < -0.3 is 14.9 Å². The van der Waals surface area contributed by atoms with E-state index in [-0.39, 0.29) is 16.7 Å². The fourth-order valence-electron chi connectivity index (χ4n) is 2.13. The lowest BCUT2D eigenvalue weighted by molar-refractivity contribution is 0.0442. The molecule has 24 heavy (non-hydrogen) atoms. The quantitative estimate of drug-likeness (QED) is 0.642. The molecule has 2 aromatic carbocycles. The average molecular weight is 328 g/mol. The number of esters is 2. The largest absolute Gasteiger partial charge is 0.478 e. The number of hydrogen-bond acceptors (Lipinski definition) is 5. The van der Waals surface area contributed by atoms with Gasteiger partial charge in [0.2, 0.25) is 0 Å². The third-order valence-corrected chi connectivity index (χ3v) is 3.35. The van der Waals surface area contributed by atoms with Crippen molar-refractivity contribution in [2.45, 2.75) is 6.92 Å². The van der Waals surface area contributed by atoms with Crippen LogP contribution in [0.1, 0.15) is 47.0 Å². The fourth-order valence-corrected chi connectivity index (χ4v) is 2.13. The Morgan fingerprint density at radius 1 is 0.792 bits per heavy atom. The number of carboxylic acids is 2. The number of rotatable bonds is 2. The third-order valence-electron chi connectivity index (χ3n) is 3.35. The molecule has 0 amide bonds. The molecule has 0 atom stereocenters. The average Bonchev–Trinajstić information content (AvgIpc) is 2.83. The lowest BCUT2D eigenvalue weighted by Gasteiger charge is -2.03. The van der Waals surface area contributed by atoms with Crippen LogP contribution in [-0.4, -0.2) is 34.1 Å². The highest BCUT2D eigenvalue weighted by molar-refractivity contribution is 6.14. The van der Waals surface area contributed by atoms with E-state index in [1.807, 2.05) is 0 Å². The molecule has 1 aliphatic heterocycles. The number of benzene rings is 2. The summed E-state index contributed by atoms with van der Waals surface area (Å²) in [5.74, 6) is -3.32. The molecule has 122 valence electrons. The number of fused-ring (bicyclic) bond motifs is 1. The van der Waals surface area contributed by atoms with Gasteiger partial charge in [-0.15, -0.1) is 0 Å². The standard InChI is InChI=1S/C9H8O4.C8H4O3/c1-5-6(8(10)11)3-2-4-7(5)9(12)13;9-7-5-3-1-2-4-6(5)8(10)11-7/h2-4H,1H3,(H,10,11)(H,12,13);1-4H. The first-order valence-electron chi connectivity index (χ1n) is 6.74. The zero-order valence-corrected chi connectivity index (χ0v) is 12.5. The van der Waals surface area contributed by atoms with Gasteiger partial charge in [0.25, 0.3) is 0 Å². The van der Waals surface area contributed by atoms with E-state index in [0.29, 0.717) is 11.1 Å². The van der Waals surface area contributed by atoms with Crippen LogP contribution in [0.15, 0.2) is 42.5 Å². The van der Waals surface area contributed by atoms with Gasteiger partial charge in [-0.05, 0) is 36.8 Å². The topological polar surface area (TPSA) is 118 Å². The molecule has 0 saturated heterocycles. The molecule has 0 unspecified atom stereocenters. The molecule has 0 fully saturated rings. The summed E-state index contributed by atoms with van der Waals surface area (Å²) < 4.78 is 4.35. The van der Waals surface area contributed by atoms with Crippen LogP contribution in [0.5, 0.6) is 0 Å². The normalized spacial score (nSPS) is 11.9. The van der Waals surface area contributed by atoms with Crippen LogP contribution >= 0.6 is 0 Å². The molecule has 0 spiro atoms. The summed E-state index contributed by atoms with van der Waals surface area (Å²) in [5, 5.41) is 17.4. The minimum absolute atomic E-state index is 0.0277. The van der Waals surface area contributed by atoms with Crippen molar-refractivity contribution in [1.82, 2.24) is 0 Å². The minimum Gasteiger partial charge on any atom is -0.478 e. The van der Waals surface area contributed by atoms with E-state index >= 15 is 0 Å². The SMILES string of the molecule is Cc1c(C(=O)O)cccc1C(=O)O.O=C1OC(=O)c2ccccc21. The van der Waals surface area contributed by atoms with Crippen molar-refractivity contribution >= 4 is 23.9 Å². The molecule has 2 N–H and O–H groups in total.